The molecule has 0 aromatic heterocycles. The van der Waals surface area contributed by atoms with Gasteiger partial charge in [-0.25, -0.2) is 0 Å². The predicted molar refractivity (Wildman–Crippen MR) is 132 cm³/mol. The quantitative estimate of drug-likeness (QED) is 0.357. The zero-order chi connectivity index (χ0) is 24.5. The molecule has 1 aliphatic rings. The van der Waals surface area contributed by atoms with Gasteiger partial charge in [-0.2, -0.15) is 0 Å². The molecule has 0 bridgehead atoms. The van der Waals surface area contributed by atoms with E-state index in [4.69, 9.17) is 9.47 Å². The van der Waals surface area contributed by atoms with Gasteiger partial charge in [0, 0.05) is 57.0 Å². The molecule has 2 aromatic rings. The third-order valence-corrected chi connectivity index (χ3v) is 5.56. The largest absolute Gasteiger partial charge is 0.383 e. The van der Waals surface area contributed by atoms with E-state index in [0.29, 0.717) is 44.0 Å². The summed E-state index contributed by atoms with van der Waals surface area (Å²) in [4.78, 5) is 36.9. The zero-order valence-corrected chi connectivity index (χ0v) is 19.7. The zero-order valence-electron chi connectivity index (χ0n) is 19.7. The van der Waals surface area contributed by atoms with Crippen LogP contribution in [0.3, 0.4) is 0 Å². The van der Waals surface area contributed by atoms with E-state index in [9.17, 15) is 14.4 Å². The molecule has 0 unspecified atom stereocenters. The van der Waals surface area contributed by atoms with Crippen molar-refractivity contribution in [2.75, 3.05) is 45.8 Å². The monoisotopic (exact) mass is 465 g/mol. The second-order valence-corrected chi connectivity index (χ2v) is 7.96. The van der Waals surface area contributed by atoms with Crippen LogP contribution in [0.4, 0.5) is 5.69 Å². The molecule has 1 aliphatic carbocycles. The Morgan fingerprint density at radius 1 is 0.853 bits per heavy atom. The van der Waals surface area contributed by atoms with Crippen molar-refractivity contribution < 1.29 is 23.9 Å². The number of anilines is 1. The lowest BCUT2D eigenvalue weighted by molar-refractivity contribution is -0.121. The second kappa shape index (κ2) is 12.1. The average Bonchev–Trinajstić information content (AvgIpc) is 3.11. The number of ether oxygens (including phenoxy) is 2. The summed E-state index contributed by atoms with van der Waals surface area (Å²) >= 11 is 0. The minimum absolute atomic E-state index is 0.0986. The fraction of sp³-hybridized carbons (Fsp3) is 0.346. The smallest absolute Gasteiger partial charge is 0.252 e. The van der Waals surface area contributed by atoms with E-state index in [1.54, 1.807) is 20.3 Å². The van der Waals surface area contributed by atoms with Gasteiger partial charge in [0.1, 0.15) is 0 Å². The Balaban J connectivity index is 1.65. The van der Waals surface area contributed by atoms with E-state index in [2.05, 4.69) is 22.5 Å². The molecule has 0 saturated heterocycles. The molecular formula is C26H31N3O5. The van der Waals surface area contributed by atoms with Gasteiger partial charge in [0.15, 0.2) is 0 Å². The predicted octanol–water partition coefficient (Wildman–Crippen LogP) is 2.98. The minimum Gasteiger partial charge on any atom is -0.383 e. The first-order valence-electron chi connectivity index (χ1n) is 11.3. The average molecular weight is 466 g/mol. The number of fused-ring (bicyclic) bond motifs is 3. The third kappa shape index (κ3) is 6.09. The van der Waals surface area contributed by atoms with Gasteiger partial charge in [-0.3, -0.25) is 14.4 Å². The molecular weight excluding hydrogens is 434 g/mol. The van der Waals surface area contributed by atoms with E-state index in [0.717, 1.165) is 27.8 Å². The lowest BCUT2D eigenvalue weighted by Crippen LogP contribution is -2.27. The lowest BCUT2D eigenvalue weighted by Gasteiger charge is -2.11. The Morgan fingerprint density at radius 2 is 1.56 bits per heavy atom. The van der Waals surface area contributed by atoms with Crippen molar-refractivity contribution in [1.82, 2.24) is 10.6 Å². The molecule has 0 heterocycles. The number of amides is 3. The Labute approximate surface area is 199 Å². The van der Waals surface area contributed by atoms with Gasteiger partial charge >= 0.3 is 0 Å². The summed E-state index contributed by atoms with van der Waals surface area (Å²) in [7, 11) is 3.16. The molecule has 0 spiro atoms. The van der Waals surface area contributed by atoms with Crippen LogP contribution in [0, 0.1) is 0 Å². The molecule has 34 heavy (non-hydrogen) atoms. The highest BCUT2D eigenvalue weighted by atomic mass is 16.5. The highest BCUT2D eigenvalue weighted by Gasteiger charge is 2.27. The second-order valence-electron chi connectivity index (χ2n) is 7.96. The molecule has 3 N–H and O–H groups in total. The van der Waals surface area contributed by atoms with Gasteiger partial charge in [-0.15, -0.1) is 0 Å². The highest BCUT2D eigenvalue weighted by molar-refractivity contribution is 6.10. The topological polar surface area (TPSA) is 106 Å². The lowest BCUT2D eigenvalue weighted by atomic mass is 9.98. The summed E-state index contributed by atoms with van der Waals surface area (Å²) < 4.78 is 9.90. The molecule has 0 radical (unpaired) electrons. The van der Waals surface area contributed by atoms with Crippen LogP contribution < -0.4 is 16.0 Å². The maximum absolute atomic E-state index is 12.7. The normalized spacial score (nSPS) is 11.5. The number of carbonyl (C=O) groups is 3. The molecule has 0 saturated carbocycles. The SMILES string of the molecule is C=C1c2cc(NC(=O)CCCC(=O)NCCOC)ccc2-c2c1cccc2C(=O)NCCOC. The van der Waals surface area contributed by atoms with Crippen LogP contribution in [0.2, 0.25) is 0 Å². The van der Waals surface area contributed by atoms with E-state index in [-0.39, 0.29) is 30.6 Å². The summed E-state index contributed by atoms with van der Waals surface area (Å²) in [5.41, 5.74) is 5.56. The molecule has 0 aliphatic heterocycles. The molecule has 180 valence electrons. The summed E-state index contributed by atoms with van der Waals surface area (Å²) in [6.45, 7) is 5.99. The van der Waals surface area contributed by atoms with Crippen molar-refractivity contribution in [2.45, 2.75) is 19.3 Å². The summed E-state index contributed by atoms with van der Waals surface area (Å²) in [5, 5.41) is 8.50. The maximum Gasteiger partial charge on any atom is 0.252 e. The number of methoxy groups -OCH3 is 2. The fourth-order valence-electron chi connectivity index (χ4n) is 3.89. The molecule has 2 aromatic carbocycles. The van der Waals surface area contributed by atoms with E-state index < -0.39 is 0 Å². The number of nitrogens with one attached hydrogen (secondary N) is 3. The molecule has 0 atom stereocenters. The first-order valence-corrected chi connectivity index (χ1v) is 11.3. The fourth-order valence-corrected chi connectivity index (χ4v) is 3.89. The van der Waals surface area contributed by atoms with Crippen molar-refractivity contribution in [3.05, 3.63) is 59.7 Å². The van der Waals surface area contributed by atoms with Crippen molar-refractivity contribution in [1.29, 1.82) is 0 Å². The Hall–Kier alpha value is -3.49. The van der Waals surface area contributed by atoms with Gasteiger partial charge in [-0.1, -0.05) is 24.8 Å². The van der Waals surface area contributed by atoms with Gasteiger partial charge in [-0.05, 0) is 46.9 Å². The Kier molecular flexibility index (Phi) is 8.95. The maximum atomic E-state index is 12.7. The van der Waals surface area contributed by atoms with Crippen LogP contribution in [0.5, 0.6) is 0 Å². The minimum atomic E-state index is -0.168. The number of rotatable bonds is 12. The van der Waals surface area contributed by atoms with E-state index >= 15 is 0 Å². The number of carbonyl (C=O) groups excluding carboxylic acids is 3. The summed E-state index contributed by atoms with van der Waals surface area (Å²) in [6, 6.07) is 11.2. The van der Waals surface area contributed by atoms with Crippen LogP contribution >= 0.6 is 0 Å². The number of hydrogen-bond acceptors (Lipinski definition) is 5. The van der Waals surface area contributed by atoms with Crippen molar-refractivity contribution in [3.8, 4) is 11.1 Å². The van der Waals surface area contributed by atoms with Crippen LogP contribution in [0.15, 0.2) is 43.0 Å². The van der Waals surface area contributed by atoms with E-state index in [1.807, 2.05) is 30.3 Å². The summed E-state index contributed by atoms with van der Waals surface area (Å²) in [5.74, 6) is -0.430. The number of hydrogen-bond donors (Lipinski definition) is 3. The van der Waals surface area contributed by atoms with Gasteiger partial charge in [0.05, 0.1) is 13.2 Å². The van der Waals surface area contributed by atoms with Crippen molar-refractivity contribution in [3.63, 3.8) is 0 Å². The Bertz CT molecular complexity index is 1080. The van der Waals surface area contributed by atoms with Gasteiger partial charge in [0.2, 0.25) is 11.8 Å². The van der Waals surface area contributed by atoms with Crippen molar-refractivity contribution in [2.24, 2.45) is 0 Å². The van der Waals surface area contributed by atoms with Crippen LogP contribution in [-0.2, 0) is 19.1 Å². The van der Waals surface area contributed by atoms with Crippen molar-refractivity contribution >= 4 is 29.0 Å². The molecule has 3 amide bonds. The molecule has 8 nitrogen and oxygen atoms in total. The van der Waals surface area contributed by atoms with Gasteiger partial charge in [0.25, 0.3) is 5.91 Å². The van der Waals surface area contributed by atoms with Gasteiger partial charge < -0.3 is 25.4 Å². The van der Waals surface area contributed by atoms with Crippen LogP contribution in [0.1, 0.15) is 40.7 Å². The standard InChI is InChI=1S/C26H31N3O5/c1-17-19-6-4-7-21(26(32)28-13-15-34-3)25(19)20-11-10-18(16-22(17)20)29-24(31)9-5-8-23(30)27-12-14-33-2/h4,6-7,10-11,16H,1,5,8-9,12-15H2,2-3H3,(H,27,30)(H,28,32)(H,29,31). The molecule has 8 heteroatoms. The number of benzene rings is 2. The highest BCUT2D eigenvalue weighted by Crippen LogP contribution is 2.46. The third-order valence-electron chi connectivity index (χ3n) is 5.56. The first kappa shape index (κ1) is 25.1. The molecule has 3 rings (SSSR count). The first-order chi connectivity index (χ1) is 16.5. The van der Waals surface area contributed by atoms with Crippen LogP contribution in [0.25, 0.3) is 16.7 Å². The van der Waals surface area contributed by atoms with Crippen LogP contribution in [-0.4, -0.2) is 58.2 Å². The molecule has 0 fully saturated rings. The Morgan fingerprint density at radius 3 is 2.29 bits per heavy atom. The summed E-state index contributed by atoms with van der Waals surface area (Å²) in [6.07, 6.45) is 0.972. The van der Waals surface area contributed by atoms with E-state index in [1.165, 1.54) is 0 Å².